The molecule has 23 heavy (non-hydrogen) atoms. The number of thiophene rings is 1. The standard InChI is InChI=1S/C18H10BrNO2S/c19-14-5-3-7-17-18(14)13-10-11(8-9-16(13)23-17)12-4-1-2-6-15(12)20(21)22/h1-10H. The van der Waals surface area contributed by atoms with Crippen molar-refractivity contribution in [3.8, 4) is 11.1 Å². The first-order valence-electron chi connectivity index (χ1n) is 7.00. The third-order valence-corrected chi connectivity index (χ3v) is 5.65. The zero-order valence-electron chi connectivity index (χ0n) is 11.8. The Morgan fingerprint density at radius 3 is 2.61 bits per heavy atom. The van der Waals surface area contributed by atoms with Crippen LogP contribution in [-0.2, 0) is 0 Å². The van der Waals surface area contributed by atoms with Crippen molar-refractivity contribution in [3.05, 3.63) is 75.3 Å². The van der Waals surface area contributed by atoms with E-state index in [1.165, 1.54) is 9.40 Å². The summed E-state index contributed by atoms with van der Waals surface area (Å²) in [6, 6.07) is 19.0. The van der Waals surface area contributed by atoms with E-state index in [1.54, 1.807) is 29.5 Å². The van der Waals surface area contributed by atoms with E-state index in [-0.39, 0.29) is 10.6 Å². The van der Waals surface area contributed by atoms with E-state index in [1.807, 2.05) is 36.4 Å². The number of rotatable bonds is 2. The van der Waals surface area contributed by atoms with Crippen molar-refractivity contribution in [1.82, 2.24) is 0 Å². The number of benzene rings is 3. The fraction of sp³-hybridized carbons (Fsp3) is 0. The molecule has 0 saturated carbocycles. The van der Waals surface area contributed by atoms with Crippen molar-refractivity contribution >= 4 is 53.1 Å². The number of nitrogens with zero attached hydrogens (tertiary/aromatic N) is 1. The average Bonchev–Trinajstić information content (AvgIpc) is 2.93. The van der Waals surface area contributed by atoms with Crippen molar-refractivity contribution in [3.63, 3.8) is 0 Å². The molecule has 0 radical (unpaired) electrons. The van der Waals surface area contributed by atoms with Gasteiger partial charge in [0.2, 0.25) is 0 Å². The van der Waals surface area contributed by atoms with Crippen LogP contribution in [0.25, 0.3) is 31.3 Å². The van der Waals surface area contributed by atoms with Gasteiger partial charge < -0.3 is 0 Å². The van der Waals surface area contributed by atoms with Crippen LogP contribution in [-0.4, -0.2) is 4.92 Å². The van der Waals surface area contributed by atoms with Gasteiger partial charge in [-0.25, -0.2) is 0 Å². The van der Waals surface area contributed by atoms with Gasteiger partial charge in [0.15, 0.2) is 0 Å². The summed E-state index contributed by atoms with van der Waals surface area (Å²) >= 11 is 5.34. The smallest absolute Gasteiger partial charge is 0.258 e. The Kier molecular flexibility index (Phi) is 3.39. The Hall–Kier alpha value is -2.24. The minimum Gasteiger partial charge on any atom is -0.258 e. The minimum absolute atomic E-state index is 0.130. The Morgan fingerprint density at radius 1 is 0.957 bits per heavy atom. The number of para-hydroxylation sites is 1. The van der Waals surface area contributed by atoms with Gasteiger partial charge in [-0.05, 0) is 35.9 Å². The van der Waals surface area contributed by atoms with Crippen LogP contribution in [0.5, 0.6) is 0 Å². The molecule has 0 unspecified atom stereocenters. The lowest BCUT2D eigenvalue weighted by atomic mass is 10.0. The highest BCUT2D eigenvalue weighted by Gasteiger charge is 2.16. The lowest BCUT2D eigenvalue weighted by molar-refractivity contribution is -0.384. The molecule has 0 saturated heterocycles. The molecule has 1 heterocycles. The van der Waals surface area contributed by atoms with E-state index < -0.39 is 0 Å². The monoisotopic (exact) mass is 383 g/mol. The van der Waals surface area contributed by atoms with E-state index in [2.05, 4.69) is 22.0 Å². The molecule has 112 valence electrons. The predicted octanol–water partition coefficient (Wildman–Crippen LogP) is 6.39. The molecule has 4 rings (SSSR count). The summed E-state index contributed by atoms with van der Waals surface area (Å²) in [5, 5.41) is 13.6. The van der Waals surface area contributed by atoms with Crippen molar-refractivity contribution in [2.45, 2.75) is 0 Å². The second-order valence-electron chi connectivity index (χ2n) is 5.20. The lowest BCUT2D eigenvalue weighted by Crippen LogP contribution is -1.91. The van der Waals surface area contributed by atoms with Gasteiger partial charge in [0.05, 0.1) is 10.5 Å². The summed E-state index contributed by atoms with van der Waals surface area (Å²) in [5.74, 6) is 0. The second kappa shape index (κ2) is 5.44. The van der Waals surface area contributed by atoms with E-state index in [4.69, 9.17) is 0 Å². The van der Waals surface area contributed by atoms with Gasteiger partial charge in [-0.15, -0.1) is 11.3 Å². The maximum atomic E-state index is 11.3. The average molecular weight is 384 g/mol. The van der Waals surface area contributed by atoms with Gasteiger partial charge in [0.25, 0.3) is 5.69 Å². The Morgan fingerprint density at radius 2 is 1.78 bits per heavy atom. The number of nitro benzene ring substituents is 1. The Labute approximate surface area is 144 Å². The SMILES string of the molecule is O=[N+]([O-])c1ccccc1-c1ccc2sc3cccc(Br)c3c2c1. The fourth-order valence-corrected chi connectivity index (χ4v) is 4.65. The van der Waals surface area contributed by atoms with Crippen molar-refractivity contribution in [1.29, 1.82) is 0 Å². The van der Waals surface area contributed by atoms with Crippen LogP contribution in [0.3, 0.4) is 0 Å². The Bertz CT molecular complexity index is 1070. The molecule has 0 bridgehead atoms. The molecular formula is C18H10BrNO2S. The van der Waals surface area contributed by atoms with Gasteiger partial charge in [0.1, 0.15) is 0 Å². The summed E-state index contributed by atoms with van der Waals surface area (Å²) in [4.78, 5) is 10.9. The first kappa shape index (κ1) is 14.4. The molecule has 3 aromatic carbocycles. The molecule has 0 aliphatic carbocycles. The van der Waals surface area contributed by atoms with Gasteiger partial charge in [-0.1, -0.05) is 40.2 Å². The first-order valence-corrected chi connectivity index (χ1v) is 8.60. The molecule has 5 heteroatoms. The fourth-order valence-electron chi connectivity index (χ4n) is 2.83. The molecular weight excluding hydrogens is 374 g/mol. The largest absolute Gasteiger partial charge is 0.277 e. The van der Waals surface area contributed by atoms with E-state index in [0.717, 1.165) is 20.8 Å². The molecule has 0 spiro atoms. The lowest BCUT2D eigenvalue weighted by Gasteiger charge is -2.04. The van der Waals surface area contributed by atoms with Crippen LogP contribution in [0.4, 0.5) is 5.69 Å². The van der Waals surface area contributed by atoms with E-state index in [9.17, 15) is 10.1 Å². The molecule has 0 aliphatic rings. The topological polar surface area (TPSA) is 43.1 Å². The molecule has 0 fully saturated rings. The van der Waals surface area contributed by atoms with Crippen molar-refractivity contribution < 1.29 is 4.92 Å². The molecule has 0 amide bonds. The van der Waals surface area contributed by atoms with Gasteiger partial charge in [-0.2, -0.15) is 0 Å². The maximum Gasteiger partial charge on any atom is 0.277 e. The van der Waals surface area contributed by atoms with Crippen molar-refractivity contribution in [2.24, 2.45) is 0 Å². The van der Waals surface area contributed by atoms with Crippen LogP contribution < -0.4 is 0 Å². The quantitative estimate of drug-likeness (QED) is 0.297. The predicted molar refractivity (Wildman–Crippen MR) is 99.1 cm³/mol. The summed E-state index contributed by atoms with van der Waals surface area (Å²) < 4.78 is 3.42. The molecule has 1 aromatic heterocycles. The van der Waals surface area contributed by atoms with Gasteiger partial charge >= 0.3 is 0 Å². The van der Waals surface area contributed by atoms with Crippen molar-refractivity contribution in [2.75, 3.05) is 0 Å². The van der Waals surface area contributed by atoms with Crippen LogP contribution in [0.15, 0.2) is 65.1 Å². The van der Waals surface area contributed by atoms with Crippen LogP contribution in [0.2, 0.25) is 0 Å². The molecule has 0 aliphatic heterocycles. The zero-order chi connectivity index (χ0) is 16.0. The summed E-state index contributed by atoms with van der Waals surface area (Å²) in [5.41, 5.74) is 1.64. The van der Waals surface area contributed by atoms with E-state index >= 15 is 0 Å². The number of hydrogen-bond donors (Lipinski definition) is 0. The molecule has 0 N–H and O–H groups in total. The minimum atomic E-state index is -0.332. The summed E-state index contributed by atoms with van der Waals surface area (Å²) in [6.07, 6.45) is 0. The number of halogens is 1. The van der Waals surface area contributed by atoms with Crippen LogP contribution in [0, 0.1) is 10.1 Å². The normalized spacial score (nSPS) is 11.2. The highest BCUT2D eigenvalue weighted by molar-refractivity contribution is 9.10. The van der Waals surface area contributed by atoms with Crippen LogP contribution in [0.1, 0.15) is 0 Å². The summed E-state index contributed by atoms with van der Waals surface area (Å²) in [6.45, 7) is 0. The van der Waals surface area contributed by atoms with Gasteiger partial charge in [0, 0.05) is 30.7 Å². The zero-order valence-corrected chi connectivity index (χ0v) is 14.2. The summed E-state index contributed by atoms with van der Waals surface area (Å²) in [7, 11) is 0. The molecule has 0 atom stereocenters. The first-order chi connectivity index (χ1) is 11.1. The molecule has 4 aromatic rings. The maximum absolute atomic E-state index is 11.3. The molecule has 3 nitrogen and oxygen atoms in total. The van der Waals surface area contributed by atoms with E-state index in [0.29, 0.717) is 5.56 Å². The second-order valence-corrected chi connectivity index (χ2v) is 7.14. The third-order valence-electron chi connectivity index (χ3n) is 3.86. The number of nitro groups is 1. The van der Waals surface area contributed by atoms with Gasteiger partial charge in [-0.3, -0.25) is 10.1 Å². The van der Waals surface area contributed by atoms with Crippen LogP contribution >= 0.6 is 27.3 Å². The number of hydrogen-bond acceptors (Lipinski definition) is 3. The Balaban J connectivity index is 2.03. The highest BCUT2D eigenvalue weighted by atomic mass is 79.9. The number of fused-ring (bicyclic) bond motifs is 3. The third kappa shape index (κ3) is 2.33. The highest BCUT2D eigenvalue weighted by Crippen LogP contribution is 2.40.